The molecule has 0 aliphatic rings. The van der Waals surface area contributed by atoms with Crippen LogP contribution in [0.15, 0.2) is 18.2 Å². The van der Waals surface area contributed by atoms with Gasteiger partial charge in [0.1, 0.15) is 5.75 Å². The van der Waals surface area contributed by atoms with Crippen LogP contribution in [0.4, 0.5) is 5.69 Å². The molecule has 0 heterocycles. The summed E-state index contributed by atoms with van der Waals surface area (Å²) in [4.78, 5) is 21.0. The second-order valence-corrected chi connectivity index (χ2v) is 4.25. The molecule has 104 valence electrons. The van der Waals surface area contributed by atoms with Gasteiger partial charge >= 0.3 is 0 Å². The van der Waals surface area contributed by atoms with Gasteiger partial charge in [0.25, 0.3) is 5.69 Å². The molecule has 0 saturated carbocycles. The quantitative estimate of drug-likeness (QED) is 0.565. The smallest absolute Gasteiger partial charge is 0.273 e. The van der Waals surface area contributed by atoms with Crippen LogP contribution in [0.1, 0.15) is 18.9 Å². The third kappa shape index (κ3) is 4.92. The molecule has 1 atom stereocenters. The molecule has 0 bridgehead atoms. The third-order valence-electron chi connectivity index (χ3n) is 2.56. The molecule has 0 fully saturated rings. The maximum absolute atomic E-state index is 10.8. The molecular weight excluding hydrogens is 250 g/mol. The number of nitrogens with two attached hydrogens (primary N) is 1. The van der Waals surface area contributed by atoms with Crippen LogP contribution in [-0.4, -0.2) is 24.0 Å². The minimum atomic E-state index is -0.473. The van der Waals surface area contributed by atoms with E-state index in [0.717, 1.165) is 0 Å². The highest BCUT2D eigenvalue weighted by atomic mass is 16.6. The SMILES string of the molecule is COc1cc(CNC(C)CC(N)=O)cc([N+](=O)[O-])c1. The predicted molar refractivity (Wildman–Crippen MR) is 69.8 cm³/mol. The number of methoxy groups -OCH3 is 1. The molecule has 1 rings (SSSR count). The number of non-ortho nitro benzene ring substituents is 1. The van der Waals surface area contributed by atoms with E-state index in [-0.39, 0.29) is 18.2 Å². The van der Waals surface area contributed by atoms with Gasteiger partial charge in [0, 0.05) is 25.1 Å². The number of nitro groups is 1. The number of nitrogens with one attached hydrogen (secondary N) is 1. The first-order chi connectivity index (χ1) is 8.92. The molecule has 19 heavy (non-hydrogen) atoms. The Morgan fingerprint density at radius 2 is 2.21 bits per heavy atom. The maximum Gasteiger partial charge on any atom is 0.273 e. The Kier molecular flexibility index (Phi) is 5.25. The number of carbonyl (C=O) groups excluding carboxylic acids is 1. The molecule has 0 saturated heterocycles. The number of nitrogens with zero attached hydrogens (tertiary/aromatic N) is 1. The Balaban J connectivity index is 2.74. The van der Waals surface area contributed by atoms with Crippen LogP contribution in [0.5, 0.6) is 5.75 Å². The normalized spacial score (nSPS) is 11.9. The highest BCUT2D eigenvalue weighted by molar-refractivity contribution is 5.74. The Bertz CT molecular complexity index is 476. The number of hydrogen-bond acceptors (Lipinski definition) is 5. The Hall–Kier alpha value is -2.15. The van der Waals surface area contributed by atoms with Crippen molar-refractivity contribution < 1.29 is 14.5 Å². The van der Waals surface area contributed by atoms with Gasteiger partial charge in [-0.25, -0.2) is 0 Å². The zero-order valence-electron chi connectivity index (χ0n) is 10.9. The molecule has 1 aromatic rings. The molecule has 7 nitrogen and oxygen atoms in total. The van der Waals surface area contributed by atoms with Gasteiger partial charge in [-0.3, -0.25) is 14.9 Å². The van der Waals surface area contributed by atoms with Crippen molar-refractivity contribution >= 4 is 11.6 Å². The number of rotatable bonds is 7. The van der Waals surface area contributed by atoms with E-state index >= 15 is 0 Å². The van der Waals surface area contributed by atoms with Gasteiger partial charge in [-0.2, -0.15) is 0 Å². The number of nitro benzene ring substituents is 1. The van der Waals surface area contributed by atoms with Crippen LogP contribution in [0.3, 0.4) is 0 Å². The van der Waals surface area contributed by atoms with Gasteiger partial charge in [-0.15, -0.1) is 0 Å². The number of amides is 1. The summed E-state index contributed by atoms with van der Waals surface area (Å²) >= 11 is 0. The van der Waals surface area contributed by atoms with Crippen molar-refractivity contribution in [1.82, 2.24) is 5.32 Å². The second kappa shape index (κ2) is 6.69. The number of benzene rings is 1. The van der Waals surface area contributed by atoms with E-state index < -0.39 is 10.8 Å². The molecule has 0 radical (unpaired) electrons. The van der Waals surface area contributed by atoms with E-state index in [0.29, 0.717) is 17.9 Å². The molecule has 0 aliphatic carbocycles. The fourth-order valence-corrected chi connectivity index (χ4v) is 1.63. The van der Waals surface area contributed by atoms with Crippen molar-refractivity contribution in [1.29, 1.82) is 0 Å². The summed E-state index contributed by atoms with van der Waals surface area (Å²) in [5, 5.41) is 13.8. The van der Waals surface area contributed by atoms with E-state index in [4.69, 9.17) is 10.5 Å². The molecular formula is C12H17N3O4. The summed E-state index contributed by atoms with van der Waals surface area (Å²) in [7, 11) is 1.45. The lowest BCUT2D eigenvalue weighted by molar-refractivity contribution is -0.385. The van der Waals surface area contributed by atoms with Gasteiger partial charge in [0.2, 0.25) is 5.91 Å². The number of ether oxygens (including phenoxy) is 1. The lowest BCUT2D eigenvalue weighted by Gasteiger charge is -2.12. The largest absolute Gasteiger partial charge is 0.496 e. The van der Waals surface area contributed by atoms with Crippen molar-refractivity contribution in [2.24, 2.45) is 5.73 Å². The van der Waals surface area contributed by atoms with E-state index in [1.54, 1.807) is 6.07 Å². The summed E-state index contributed by atoms with van der Waals surface area (Å²) in [6, 6.07) is 4.43. The van der Waals surface area contributed by atoms with E-state index in [1.807, 2.05) is 6.92 Å². The van der Waals surface area contributed by atoms with Crippen molar-refractivity contribution in [2.45, 2.75) is 25.9 Å². The minimum absolute atomic E-state index is 0.0290. The molecule has 0 aliphatic heterocycles. The maximum atomic E-state index is 10.8. The fourth-order valence-electron chi connectivity index (χ4n) is 1.63. The molecule has 1 amide bonds. The van der Waals surface area contributed by atoms with Crippen LogP contribution in [0.2, 0.25) is 0 Å². The average Bonchev–Trinajstić information content (AvgIpc) is 2.35. The van der Waals surface area contributed by atoms with Crippen LogP contribution in [0, 0.1) is 10.1 Å². The first kappa shape index (κ1) is 14.9. The van der Waals surface area contributed by atoms with Crippen molar-refractivity contribution in [2.75, 3.05) is 7.11 Å². The molecule has 3 N–H and O–H groups in total. The molecule has 0 spiro atoms. The number of hydrogen-bond donors (Lipinski definition) is 2. The average molecular weight is 267 g/mol. The summed E-state index contributed by atoms with van der Waals surface area (Å²) in [5.74, 6) is 0.0326. The van der Waals surface area contributed by atoms with Gasteiger partial charge in [0.05, 0.1) is 18.1 Å². The topological polar surface area (TPSA) is 107 Å². The zero-order chi connectivity index (χ0) is 14.4. The number of primary amides is 1. The van der Waals surface area contributed by atoms with Gasteiger partial charge in [0.15, 0.2) is 0 Å². The molecule has 1 unspecified atom stereocenters. The lowest BCUT2D eigenvalue weighted by atomic mass is 10.1. The summed E-state index contributed by atoms with van der Waals surface area (Å²) < 4.78 is 5.01. The van der Waals surface area contributed by atoms with E-state index in [9.17, 15) is 14.9 Å². The van der Waals surface area contributed by atoms with Crippen LogP contribution < -0.4 is 15.8 Å². The third-order valence-corrected chi connectivity index (χ3v) is 2.56. The van der Waals surface area contributed by atoms with Crippen LogP contribution in [-0.2, 0) is 11.3 Å². The fraction of sp³-hybridized carbons (Fsp3) is 0.417. The summed E-state index contributed by atoms with van der Waals surface area (Å²) in [5.41, 5.74) is 5.77. The predicted octanol–water partition coefficient (Wildman–Crippen LogP) is 0.957. The molecule has 7 heteroatoms. The standard InChI is InChI=1S/C12H17N3O4/c1-8(3-12(13)16)14-7-9-4-10(15(17)18)6-11(5-9)19-2/h4-6,8,14H,3,7H2,1-2H3,(H2,13,16). The van der Waals surface area contributed by atoms with E-state index in [1.165, 1.54) is 19.2 Å². The summed E-state index contributed by atoms with van der Waals surface area (Å²) in [6.07, 6.45) is 0.214. The second-order valence-electron chi connectivity index (χ2n) is 4.25. The Labute approximate surface area is 110 Å². The first-order valence-electron chi connectivity index (χ1n) is 5.76. The lowest BCUT2D eigenvalue weighted by Crippen LogP contribution is -2.30. The van der Waals surface area contributed by atoms with Crippen LogP contribution in [0.25, 0.3) is 0 Å². The van der Waals surface area contributed by atoms with Crippen LogP contribution >= 0.6 is 0 Å². The van der Waals surface area contributed by atoms with Crippen molar-refractivity contribution in [3.63, 3.8) is 0 Å². The monoisotopic (exact) mass is 267 g/mol. The molecule has 1 aromatic carbocycles. The Morgan fingerprint density at radius 3 is 2.74 bits per heavy atom. The zero-order valence-corrected chi connectivity index (χ0v) is 10.9. The minimum Gasteiger partial charge on any atom is -0.496 e. The van der Waals surface area contributed by atoms with Gasteiger partial charge in [-0.05, 0) is 18.6 Å². The molecule has 0 aromatic heterocycles. The van der Waals surface area contributed by atoms with Gasteiger partial charge in [-0.1, -0.05) is 0 Å². The van der Waals surface area contributed by atoms with Gasteiger partial charge < -0.3 is 15.8 Å². The highest BCUT2D eigenvalue weighted by Gasteiger charge is 2.11. The van der Waals surface area contributed by atoms with Crippen molar-refractivity contribution in [3.05, 3.63) is 33.9 Å². The summed E-state index contributed by atoms with van der Waals surface area (Å²) in [6.45, 7) is 2.21. The number of carbonyl (C=O) groups is 1. The first-order valence-corrected chi connectivity index (χ1v) is 5.76. The van der Waals surface area contributed by atoms with Crippen molar-refractivity contribution in [3.8, 4) is 5.75 Å². The van der Waals surface area contributed by atoms with E-state index in [2.05, 4.69) is 5.32 Å². The highest BCUT2D eigenvalue weighted by Crippen LogP contribution is 2.22. The Morgan fingerprint density at radius 1 is 1.53 bits per heavy atom.